The van der Waals surface area contributed by atoms with Gasteiger partial charge in [-0.25, -0.2) is 0 Å². The summed E-state index contributed by atoms with van der Waals surface area (Å²) in [6.07, 6.45) is 1.42. The molecular formula is C24H28O5Si. The van der Waals surface area contributed by atoms with E-state index in [2.05, 4.69) is 33.9 Å². The van der Waals surface area contributed by atoms with Crippen LogP contribution in [0.4, 0.5) is 0 Å². The lowest BCUT2D eigenvalue weighted by atomic mass is 10.0. The van der Waals surface area contributed by atoms with Gasteiger partial charge in [0, 0.05) is 6.92 Å². The highest BCUT2D eigenvalue weighted by Crippen LogP contribution is 2.39. The Morgan fingerprint density at radius 1 is 1.13 bits per heavy atom. The minimum atomic E-state index is -1.62. The summed E-state index contributed by atoms with van der Waals surface area (Å²) in [6, 6.07) is 11.0. The van der Waals surface area contributed by atoms with Gasteiger partial charge < -0.3 is 14.3 Å². The Morgan fingerprint density at radius 3 is 2.33 bits per heavy atom. The molecule has 2 aromatic carbocycles. The molecule has 1 N–H and O–H groups in total. The second-order valence-electron chi connectivity index (χ2n) is 9.40. The lowest BCUT2D eigenvalue weighted by Crippen LogP contribution is -2.39. The third-order valence-corrected chi connectivity index (χ3v) is 11.4. The molecule has 0 aliphatic rings. The van der Waals surface area contributed by atoms with Crippen LogP contribution < -0.4 is 10.2 Å². The second kappa shape index (κ2) is 7.76. The molecule has 0 unspecified atom stereocenters. The quantitative estimate of drug-likeness (QED) is 0.331. The van der Waals surface area contributed by atoms with Crippen molar-refractivity contribution < 1.29 is 19.1 Å². The zero-order valence-electron chi connectivity index (χ0n) is 18.3. The molecule has 3 aromatic rings. The fraction of sp³-hybridized carbons (Fsp3) is 0.333. The predicted octanol–water partition coefficient (Wildman–Crippen LogP) is 5.68. The summed E-state index contributed by atoms with van der Waals surface area (Å²) in [6.45, 7) is 12.7. The van der Waals surface area contributed by atoms with Crippen molar-refractivity contribution in [3.63, 3.8) is 0 Å². The number of phenolic OH excluding ortho intramolecular Hbond substituents is 1. The Hall–Kier alpha value is -2.86. The van der Waals surface area contributed by atoms with Crippen LogP contribution in [0.3, 0.4) is 0 Å². The van der Waals surface area contributed by atoms with Gasteiger partial charge in [-0.1, -0.05) is 46.0 Å². The summed E-state index contributed by atoms with van der Waals surface area (Å²) < 4.78 is 10.8. The molecule has 0 saturated carbocycles. The van der Waals surface area contributed by atoms with Crippen LogP contribution in [0.2, 0.25) is 18.1 Å². The van der Waals surface area contributed by atoms with Gasteiger partial charge in [0.25, 0.3) is 0 Å². The first-order valence-corrected chi connectivity index (χ1v) is 13.2. The lowest BCUT2D eigenvalue weighted by Gasteiger charge is -2.37. The van der Waals surface area contributed by atoms with Gasteiger partial charge in [-0.05, 0) is 46.5 Å². The van der Waals surface area contributed by atoms with Gasteiger partial charge in [0.2, 0.25) is 5.43 Å². The lowest BCUT2D eigenvalue weighted by molar-refractivity contribution is -0.131. The fourth-order valence-electron chi connectivity index (χ4n) is 3.23. The van der Waals surface area contributed by atoms with Crippen LogP contribution in [0.15, 0.2) is 51.9 Å². The molecule has 0 amide bonds. The van der Waals surface area contributed by atoms with E-state index in [1.54, 1.807) is 30.3 Å². The van der Waals surface area contributed by atoms with E-state index in [9.17, 15) is 14.7 Å². The number of phenols is 1. The van der Waals surface area contributed by atoms with Crippen molar-refractivity contribution in [1.29, 1.82) is 0 Å². The van der Waals surface area contributed by atoms with Gasteiger partial charge in [0.15, 0.2) is 0 Å². The molecule has 0 fully saturated rings. The summed E-state index contributed by atoms with van der Waals surface area (Å²) in [5, 5.41) is 11.0. The highest BCUT2D eigenvalue weighted by atomic mass is 28.3. The first-order valence-electron chi connectivity index (χ1n) is 9.95. The number of hydrogen-bond donors (Lipinski definition) is 1. The Balaban J connectivity index is 2.02. The topological polar surface area (TPSA) is 76.7 Å². The Labute approximate surface area is 177 Å². The number of aromatic hydroxyl groups is 1. The van der Waals surface area contributed by atoms with Gasteiger partial charge in [-0.15, -0.1) is 0 Å². The number of carbonyl (C=O) groups is 1. The van der Waals surface area contributed by atoms with E-state index in [1.165, 1.54) is 13.2 Å². The SMILES string of the molecule is CC(=O)Oc1ccc(-c2coc3cc(C[Si](C)(C)C(C)(C)C)cc(O)c3c2=O)cc1. The molecule has 158 valence electrons. The van der Waals surface area contributed by atoms with E-state index in [1.807, 2.05) is 6.07 Å². The molecule has 6 heteroatoms. The molecule has 5 nitrogen and oxygen atoms in total. The highest BCUT2D eigenvalue weighted by Gasteiger charge is 2.35. The number of rotatable bonds is 4. The van der Waals surface area contributed by atoms with Crippen molar-refractivity contribution in [2.45, 2.75) is 51.9 Å². The number of esters is 1. The number of ether oxygens (including phenoxy) is 1. The summed E-state index contributed by atoms with van der Waals surface area (Å²) >= 11 is 0. The van der Waals surface area contributed by atoms with Crippen molar-refractivity contribution in [2.24, 2.45) is 0 Å². The highest BCUT2D eigenvalue weighted by molar-refractivity contribution is 6.79. The van der Waals surface area contributed by atoms with Crippen molar-refractivity contribution >= 4 is 25.0 Å². The summed E-state index contributed by atoms with van der Waals surface area (Å²) in [4.78, 5) is 24.1. The van der Waals surface area contributed by atoms with Crippen LogP contribution in [-0.4, -0.2) is 19.1 Å². The average Bonchev–Trinajstić information content (AvgIpc) is 2.60. The van der Waals surface area contributed by atoms with Crippen molar-refractivity contribution in [3.8, 4) is 22.6 Å². The average molecular weight is 425 g/mol. The molecule has 0 atom stereocenters. The molecule has 0 spiro atoms. The van der Waals surface area contributed by atoms with Gasteiger partial charge in [0.1, 0.15) is 28.7 Å². The molecule has 0 saturated heterocycles. The zero-order valence-corrected chi connectivity index (χ0v) is 19.3. The van der Waals surface area contributed by atoms with Crippen LogP contribution in [0, 0.1) is 0 Å². The Morgan fingerprint density at radius 2 is 1.77 bits per heavy atom. The smallest absolute Gasteiger partial charge is 0.308 e. The van der Waals surface area contributed by atoms with Gasteiger partial charge in [0.05, 0.1) is 13.6 Å². The van der Waals surface area contributed by atoms with Crippen LogP contribution in [0.25, 0.3) is 22.1 Å². The number of benzene rings is 2. The van der Waals surface area contributed by atoms with E-state index in [-0.39, 0.29) is 21.6 Å². The van der Waals surface area contributed by atoms with Crippen LogP contribution in [0.1, 0.15) is 33.3 Å². The van der Waals surface area contributed by atoms with Crippen molar-refractivity contribution in [2.75, 3.05) is 0 Å². The molecule has 3 rings (SSSR count). The summed E-state index contributed by atoms with van der Waals surface area (Å²) in [5.41, 5.74) is 2.02. The zero-order chi connectivity index (χ0) is 22.3. The van der Waals surface area contributed by atoms with Gasteiger partial charge in [-0.3, -0.25) is 9.59 Å². The van der Waals surface area contributed by atoms with E-state index >= 15 is 0 Å². The van der Waals surface area contributed by atoms with Gasteiger partial charge in [-0.2, -0.15) is 0 Å². The minimum absolute atomic E-state index is 0.0617. The maximum Gasteiger partial charge on any atom is 0.308 e. The maximum atomic E-state index is 13.1. The van der Waals surface area contributed by atoms with E-state index in [4.69, 9.17) is 9.15 Å². The first kappa shape index (κ1) is 21.8. The van der Waals surface area contributed by atoms with E-state index in [0.717, 1.165) is 11.6 Å². The third-order valence-electron chi connectivity index (χ3n) is 6.02. The number of fused-ring (bicyclic) bond motifs is 1. The first-order chi connectivity index (χ1) is 13.9. The van der Waals surface area contributed by atoms with E-state index < -0.39 is 14.0 Å². The monoisotopic (exact) mass is 424 g/mol. The Bertz CT molecular complexity index is 1150. The van der Waals surface area contributed by atoms with Crippen LogP contribution in [-0.2, 0) is 10.8 Å². The van der Waals surface area contributed by atoms with E-state index in [0.29, 0.717) is 22.5 Å². The molecule has 0 bridgehead atoms. The molecule has 30 heavy (non-hydrogen) atoms. The fourth-order valence-corrected chi connectivity index (χ4v) is 4.99. The van der Waals surface area contributed by atoms with Crippen molar-refractivity contribution in [3.05, 3.63) is 58.4 Å². The second-order valence-corrected chi connectivity index (χ2v) is 15.0. The maximum absolute atomic E-state index is 13.1. The Kier molecular flexibility index (Phi) is 5.65. The summed E-state index contributed by atoms with van der Waals surface area (Å²) in [5.74, 6) is -0.0747. The molecule has 1 heterocycles. The largest absolute Gasteiger partial charge is 0.507 e. The van der Waals surface area contributed by atoms with Crippen LogP contribution >= 0.6 is 0 Å². The molecule has 0 aliphatic carbocycles. The van der Waals surface area contributed by atoms with Crippen LogP contribution in [0.5, 0.6) is 11.5 Å². The molecular weight excluding hydrogens is 396 g/mol. The third kappa shape index (κ3) is 4.33. The molecule has 0 aliphatic heterocycles. The van der Waals surface area contributed by atoms with Gasteiger partial charge >= 0.3 is 5.97 Å². The minimum Gasteiger partial charge on any atom is -0.507 e. The predicted molar refractivity (Wildman–Crippen MR) is 122 cm³/mol. The molecule has 0 radical (unpaired) electrons. The normalized spacial score (nSPS) is 12.2. The summed E-state index contributed by atoms with van der Waals surface area (Å²) in [7, 11) is -1.62. The number of carbonyl (C=O) groups excluding carboxylic acids is 1. The standard InChI is InChI=1S/C24H28O5Si/c1-15(25)29-18-9-7-17(8-10-18)19-13-28-21-12-16(11-20(26)22(21)23(19)27)14-30(5,6)24(2,3)4/h7-13,26H,14H2,1-6H3. The van der Waals surface area contributed by atoms with Crippen molar-refractivity contribution in [1.82, 2.24) is 0 Å². The molecule has 1 aromatic heterocycles. The number of hydrogen-bond acceptors (Lipinski definition) is 5.